The van der Waals surface area contributed by atoms with Gasteiger partial charge in [0.1, 0.15) is 18.9 Å². The Kier molecular flexibility index (Phi) is 4.72. The number of ether oxygens (including phenoxy) is 2. The molecule has 28 heavy (non-hydrogen) atoms. The lowest BCUT2D eigenvalue weighted by atomic mass is 10.2. The van der Waals surface area contributed by atoms with E-state index in [2.05, 4.69) is 26.7 Å². The molecule has 0 atom stereocenters. The van der Waals surface area contributed by atoms with Gasteiger partial charge in [-0.1, -0.05) is 0 Å². The molecular formula is C20H15N5O3. The van der Waals surface area contributed by atoms with E-state index in [4.69, 9.17) is 14.7 Å². The number of nitriles is 1. The maximum absolute atomic E-state index is 12.5. The number of benzene rings is 2. The predicted molar refractivity (Wildman–Crippen MR) is 102 cm³/mol. The van der Waals surface area contributed by atoms with Crippen molar-refractivity contribution in [3.05, 3.63) is 66.0 Å². The van der Waals surface area contributed by atoms with Crippen LogP contribution in [0.15, 0.2) is 54.7 Å². The Bertz CT molecular complexity index is 1060. The summed E-state index contributed by atoms with van der Waals surface area (Å²) in [5.41, 5.74) is 2.05. The molecule has 1 amide bonds. The van der Waals surface area contributed by atoms with E-state index < -0.39 is 0 Å². The van der Waals surface area contributed by atoms with E-state index in [1.54, 1.807) is 42.5 Å². The second-order valence-corrected chi connectivity index (χ2v) is 5.89. The molecule has 2 heterocycles. The highest BCUT2D eigenvalue weighted by Crippen LogP contribution is 2.32. The van der Waals surface area contributed by atoms with E-state index in [1.807, 2.05) is 0 Å². The van der Waals surface area contributed by atoms with Gasteiger partial charge in [-0.25, -0.2) is 9.97 Å². The SMILES string of the molecule is N#Cc1ccc(Nc2nccc(C(=O)Nc3ccc4c(c3)OCCO4)n2)cc1. The molecule has 2 N–H and O–H groups in total. The van der Waals surface area contributed by atoms with Crippen LogP contribution in [-0.4, -0.2) is 29.1 Å². The fraction of sp³-hybridized carbons (Fsp3) is 0.100. The van der Waals surface area contributed by atoms with Gasteiger partial charge in [0.05, 0.1) is 11.6 Å². The first-order chi connectivity index (χ1) is 13.7. The average molecular weight is 373 g/mol. The average Bonchev–Trinajstić information content (AvgIpc) is 2.74. The van der Waals surface area contributed by atoms with Crippen LogP contribution in [-0.2, 0) is 0 Å². The van der Waals surface area contributed by atoms with Crippen LogP contribution >= 0.6 is 0 Å². The fourth-order valence-corrected chi connectivity index (χ4v) is 2.62. The molecule has 0 fully saturated rings. The van der Waals surface area contributed by atoms with Crippen LogP contribution in [0.5, 0.6) is 11.5 Å². The van der Waals surface area contributed by atoms with Crippen LogP contribution in [0.4, 0.5) is 17.3 Å². The number of hydrogen-bond donors (Lipinski definition) is 2. The van der Waals surface area contributed by atoms with Crippen molar-refractivity contribution >= 4 is 23.2 Å². The van der Waals surface area contributed by atoms with E-state index in [-0.39, 0.29) is 17.5 Å². The molecule has 8 heteroatoms. The van der Waals surface area contributed by atoms with Gasteiger partial charge >= 0.3 is 0 Å². The van der Waals surface area contributed by atoms with Crippen molar-refractivity contribution in [2.45, 2.75) is 0 Å². The first kappa shape index (κ1) is 17.3. The standard InChI is InChI=1S/C20H15N5O3/c21-12-13-1-3-14(4-2-13)24-20-22-8-7-16(25-20)19(26)23-15-5-6-17-18(11-15)28-10-9-27-17/h1-8,11H,9-10H2,(H,23,26)(H,22,24,25). The molecule has 3 aromatic rings. The topological polar surface area (TPSA) is 109 Å². The molecule has 0 saturated heterocycles. The normalized spacial score (nSPS) is 12.0. The molecule has 0 bridgehead atoms. The van der Waals surface area contributed by atoms with Crippen LogP contribution < -0.4 is 20.1 Å². The Labute approximate surface area is 160 Å². The van der Waals surface area contributed by atoms with E-state index >= 15 is 0 Å². The number of nitrogens with zero attached hydrogens (tertiary/aromatic N) is 3. The van der Waals surface area contributed by atoms with Crippen LogP contribution in [0, 0.1) is 11.3 Å². The van der Waals surface area contributed by atoms with E-state index in [0.29, 0.717) is 41.7 Å². The van der Waals surface area contributed by atoms with Gasteiger partial charge in [-0.05, 0) is 42.5 Å². The molecule has 1 aromatic heterocycles. The van der Waals surface area contributed by atoms with Crippen LogP contribution in [0.1, 0.15) is 16.1 Å². The number of aromatic nitrogens is 2. The summed E-state index contributed by atoms with van der Waals surface area (Å²) in [4.78, 5) is 20.9. The van der Waals surface area contributed by atoms with Crippen LogP contribution in [0.3, 0.4) is 0 Å². The highest BCUT2D eigenvalue weighted by atomic mass is 16.6. The summed E-state index contributed by atoms with van der Waals surface area (Å²) in [5.74, 6) is 1.15. The molecule has 0 radical (unpaired) electrons. The number of fused-ring (bicyclic) bond motifs is 1. The lowest BCUT2D eigenvalue weighted by molar-refractivity contribution is 0.102. The Balaban J connectivity index is 1.47. The lowest BCUT2D eigenvalue weighted by Gasteiger charge is -2.19. The number of carbonyl (C=O) groups excluding carboxylic acids is 1. The summed E-state index contributed by atoms with van der Waals surface area (Å²) in [6.45, 7) is 0.981. The maximum Gasteiger partial charge on any atom is 0.274 e. The molecule has 0 unspecified atom stereocenters. The minimum absolute atomic E-state index is 0.209. The van der Waals surface area contributed by atoms with Crippen molar-refractivity contribution in [2.75, 3.05) is 23.8 Å². The summed E-state index contributed by atoms with van der Waals surface area (Å²) in [5, 5.41) is 14.6. The van der Waals surface area contributed by atoms with Crippen molar-refractivity contribution in [1.82, 2.24) is 9.97 Å². The number of rotatable bonds is 4. The summed E-state index contributed by atoms with van der Waals surface area (Å²) < 4.78 is 11.0. The Morgan fingerprint density at radius 3 is 2.54 bits per heavy atom. The van der Waals surface area contributed by atoms with E-state index in [9.17, 15) is 4.79 Å². The van der Waals surface area contributed by atoms with Gasteiger partial charge in [0.25, 0.3) is 5.91 Å². The quantitative estimate of drug-likeness (QED) is 0.723. The number of nitrogens with one attached hydrogen (secondary N) is 2. The van der Waals surface area contributed by atoms with Gasteiger partial charge < -0.3 is 20.1 Å². The first-order valence-electron chi connectivity index (χ1n) is 8.52. The maximum atomic E-state index is 12.5. The van der Waals surface area contributed by atoms with Crippen molar-refractivity contribution in [2.24, 2.45) is 0 Å². The Hall–Kier alpha value is -4.12. The number of hydrogen-bond acceptors (Lipinski definition) is 7. The smallest absolute Gasteiger partial charge is 0.274 e. The highest BCUT2D eigenvalue weighted by Gasteiger charge is 2.14. The predicted octanol–water partition coefficient (Wildman–Crippen LogP) is 3.12. The summed E-state index contributed by atoms with van der Waals surface area (Å²) in [7, 11) is 0. The van der Waals surface area contributed by atoms with Gasteiger partial charge in [-0.3, -0.25) is 4.79 Å². The third kappa shape index (κ3) is 3.83. The third-order valence-corrected chi connectivity index (χ3v) is 3.96. The van der Waals surface area contributed by atoms with E-state index in [1.165, 1.54) is 12.3 Å². The second-order valence-electron chi connectivity index (χ2n) is 5.89. The monoisotopic (exact) mass is 373 g/mol. The van der Waals surface area contributed by atoms with Gasteiger partial charge in [0, 0.05) is 23.6 Å². The van der Waals surface area contributed by atoms with Crippen LogP contribution in [0.25, 0.3) is 0 Å². The van der Waals surface area contributed by atoms with Crippen molar-refractivity contribution < 1.29 is 14.3 Å². The first-order valence-corrected chi connectivity index (χ1v) is 8.52. The Morgan fingerprint density at radius 1 is 1.00 bits per heavy atom. The second kappa shape index (κ2) is 7.63. The van der Waals surface area contributed by atoms with Crippen molar-refractivity contribution in [1.29, 1.82) is 5.26 Å². The number of carbonyl (C=O) groups is 1. The number of amides is 1. The molecule has 4 rings (SSSR count). The summed E-state index contributed by atoms with van der Waals surface area (Å²) in [6.07, 6.45) is 1.50. The third-order valence-electron chi connectivity index (χ3n) is 3.96. The van der Waals surface area contributed by atoms with E-state index in [0.717, 1.165) is 0 Å². The summed E-state index contributed by atoms with van der Waals surface area (Å²) in [6, 6.07) is 15.6. The van der Waals surface area contributed by atoms with Gasteiger partial charge in [-0.2, -0.15) is 5.26 Å². The molecule has 8 nitrogen and oxygen atoms in total. The molecule has 1 aliphatic heterocycles. The zero-order valence-electron chi connectivity index (χ0n) is 14.7. The number of anilines is 3. The molecule has 138 valence electrons. The minimum Gasteiger partial charge on any atom is -0.486 e. The minimum atomic E-state index is -0.373. The molecule has 0 spiro atoms. The van der Waals surface area contributed by atoms with Crippen LogP contribution in [0.2, 0.25) is 0 Å². The Morgan fingerprint density at radius 2 is 1.75 bits per heavy atom. The fourth-order valence-electron chi connectivity index (χ4n) is 2.62. The summed E-state index contributed by atoms with van der Waals surface area (Å²) >= 11 is 0. The highest BCUT2D eigenvalue weighted by molar-refractivity contribution is 6.03. The van der Waals surface area contributed by atoms with Gasteiger partial charge in [-0.15, -0.1) is 0 Å². The van der Waals surface area contributed by atoms with Gasteiger partial charge in [0.15, 0.2) is 11.5 Å². The molecule has 2 aromatic carbocycles. The van der Waals surface area contributed by atoms with Crippen molar-refractivity contribution in [3.63, 3.8) is 0 Å². The molecule has 0 saturated carbocycles. The molecular weight excluding hydrogens is 358 g/mol. The zero-order valence-corrected chi connectivity index (χ0v) is 14.7. The largest absolute Gasteiger partial charge is 0.486 e. The lowest BCUT2D eigenvalue weighted by Crippen LogP contribution is -2.17. The molecule has 1 aliphatic rings. The molecule has 0 aliphatic carbocycles. The van der Waals surface area contributed by atoms with Gasteiger partial charge in [0.2, 0.25) is 5.95 Å². The zero-order chi connectivity index (χ0) is 19.3. The van der Waals surface area contributed by atoms with Crippen molar-refractivity contribution in [3.8, 4) is 17.6 Å².